The molecule has 2 amide bonds. The van der Waals surface area contributed by atoms with Crippen molar-refractivity contribution in [1.82, 2.24) is 9.80 Å². The van der Waals surface area contributed by atoms with Gasteiger partial charge in [0.15, 0.2) is 0 Å². The number of hydrogen-bond acceptors (Lipinski definition) is 3. The summed E-state index contributed by atoms with van der Waals surface area (Å²) in [4.78, 5) is 29.5. The first-order valence-electron chi connectivity index (χ1n) is 9.44. The van der Waals surface area contributed by atoms with Crippen LogP contribution in [-0.2, 0) is 17.6 Å². The summed E-state index contributed by atoms with van der Waals surface area (Å²) in [6.45, 7) is 2.29. The van der Waals surface area contributed by atoms with E-state index in [9.17, 15) is 14.7 Å². The van der Waals surface area contributed by atoms with Gasteiger partial charge in [0, 0.05) is 31.7 Å². The lowest BCUT2D eigenvalue weighted by Gasteiger charge is -2.39. The molecule has 0 unspecified atom stereocenters. The van der Waals surface area contributed by atoms with Crippen molar-refractivity contribution in [3.8, 4) is 0 Å². The number of benzene rings is 1. The Hall–Kier alpha value is -1.88. The molecule has 0 saturated carbocycles. The van der Waals surface area contributed by atoms with E-state index in [1.807, 2.05) is 11.0 Å². The number of nitrogens with zero attached hydrogens (tertiary/aromatic N) is 2. The fraction of sp³-hybridized carbons (Fsp3) is 0.600. The van der Waals surface area contributed by atoms with E-state index in [0.717, 1.165) is 44.2 Å². The van der Waals surface area contributed by atoms with Crippen molar-refractivity contribution in [3.05, 3.63) is 34.9 Å². The summed E-state index contributed by atoms with van der Waals surface area (Å²) in [5.74, 6) is 0.177. The van der Waals surface area contributed by atoms with Crippen LogP contribution in [0.25, 0.3) is 0 Å². The first-order valence-corrected chi connectivity index (χ1v) is 9.44. The third-order valence-corrected chi connectivity index (χ3v) is 6.18. The Morgan fingerprint density at radius 3 is 2.80 bits per heavy atom. The molecule has 1 N–H and O–H groups in total. The summed E-state index contributed by atoms with van der Waals surface area (Å²) < 4.78 is 0. The molecule has 0 radical (unpaired) electrons. The zero-order valence-corrected chi connectivity index (χ0v) is 14.7. The van der Waals surface area contributed by atoms with E-state index in [4.69, 9.17) is 0 Å². The maximum Gasteiger partial charge on any atom is 0.253 e. The van der Waals surface area contributed by atoms with Crippen LogP contribution in [0.1, 0.15) is 47.2 Å². The molecule has 5 heteroatoms. The van der Waals surface area contributed by atoms with E-state index in [0.29, 0.717) is 19.6 Å². The second-order valence-corrected chi connectivity index (χ2v) is 7.71. The zero-order valence-electron chi connectivity index (χ0n) is 14.7. The molecule has 5 nitrogen and oxygen atoms in total. The van der Waals surface area contributed by atoms with E-state index in [1.165, 1.54) is 17.5 Å². The Bertz CT molecular complexity index is 700. The van der Waals surface area contributed by atoms with E-state index in [2.05, 4.69) is 12.1 Å². The highest BCUT2D eigenvalue weighted by atomic mass is 16.3. The van der Waals surface area contributed by atoms with E-state index in [1.54, 1.807) is 4.90 Å². The summed E-state index contributed by atoms with van der Waals surface area (Å²) >= 11 is 0. The molecule has 4 rings (SSSR count). The number of carbonyl (C=O) groups is 2. The van der Waals surface area contributed by atoms with Crippen LogP contribution >= 0.6 is 0 Å². The van der Waals surface area contributed by atoms with E-state index in [-0.39, 0.29) is 18.4 Å². The number of β-amino-alcohol motifs (C(OH)–C–C–N with tert-alkyl or cyclic N) is 1. The average Bonchev–Trinajstić information content (AvgIpc) is 3.26. The molecule has 0 aromatic heterocycles. The number of piperidine rings is 1. The number of fused-ring (bicyclic) bond motifs is 1. The Labute approximate surface area is 148 Å². The van der Waals surface area contributed by atoms with Gasteiger partial charge >= 0.3 is 0 Å². The Balaban J connectivity index is 1.50. The Kier molecular flexibility index (Phi) is 4.28. The van der Waals surface area contributed by atoms with Crippen LogP contribution in [0.2, 0.25) is 0 Å². The van der Waals surface area contributed by atoms with Crippen LogP contribution in [0.4, 0.5) is 0 Å². The minimum atomic E-state index is -0.431. The third-order valence-electron chi connectivity index (χ3n) is 6.18. The molecule has 1 atom stereocenters. The molecule has 3 aliphatic rings. The largest absolute Gasteiger partial charge is 0.395 e. The van der Waals surface area contributed by atoms with Crippen molar-refractivity contribution < 1.29 is 14.7 Å². The van der Waals surface area contributed by atoms with Crippen molar-refractivity contribution in [2.75, 3.05) is 32.8 Å². The van der Waals surface area contributed by atoms with Gasteiger partial charge in [-0.3, -0.25) is 9.59 Å². The number of aliphatic hydroxyl groups excluding tert-OH is 1. The quantitative estimate of drug-likeness (QED) is 0.908. The summed E-state index contributed by atoms with van der Waals surface area (Å²) in [5.41, 5.74) is 3.01. The molecule has 2 saturated heterocycles. The predicted octanol–water partition coefficient (Wildman–Crippen LogP) is 1.62. The van der Waals surface area contributed by atoms with Gasteiger partial charge in [-0.2, -0.15) is 0 Å². The minimum Gasteiger partial charge on any atom is -0.395 e. The molecule has 2 fully saturated rings. The zero-order chi connectivity index (χ0) is 17.4. The van der Waals surface area contributed by atoms with Gasteiger partial charge in [-0.05, 0) is 61.8 Å². The highest BCUT2D eigenvalue weighted by molar-refractivity contribution is 5.96. The normalized spacial score (nSPS) is 25.7. The highest BCUT2D eigenvalue weighted by Crippen LogP contribution is 2.40. The van der Waals surface area contributed by atoms with Crippen LogP contribution < -0.4 is 0 Å². The SMILES string of the molecule is O=C(c1ccc2c(c1)CCC2)N1CC[C@@]2(CCCN(CCO)C2=O)C1. The van der Waals surface area contributed by atoms with Crippen molar-refractivity contribution in [3.63, 3.8) is 0 Å². The molecule has 1 aromatic rings. The van der Waals surface area contributed by atoms with Crippen LogP contribution in [0, 0.1) is 5.41 Å². The first-order chi connectivity index (χ1) is 12.1. The standard InChI is InChI=1S/C20H26N2O3/c23-12-11-21-9-2-7-20(19(21)25)8-10-22(14-20)18(24)17-6-5-15-3-1-4-16(15)13-17/h5-6,13,23H,1-4,7-12,14H2/t20-/m0/s1. The Morgan fingerprint density at radius 1 is 1.12 bits per heavy atom. The third kappa shape index (κ3) is 2.84. The van der Waals surface area contributed by atoms with Gasteiger partial charge in [-0.15, -0.1) is 0 Å². The predicted molar refractivity (Wildman–Crippen MR) is 94.3 cm³/mol. The molecule has 134 valence electrons. The monoisotopic (exact) mass is 342 g/mol. The second-order valence-electron chi connectivity index (χ2n) is 7.71. The highest BCUT2D eigenvalue weighted by Gasteiger charge is 2.49. The lowest BCUT2D eigenvalue weighted by Crippen LogP contribution is -2.51. The molecule has 1 aliphatic carbocycles. The summed E-state index contributed by atoms with van der Waals surface area (Å²) in [7, 11) is 0. The van der Waals surface area contributed by atoms with Gasteiger partial charge in [0.1, 0.15) is 0 Å². The molecule has 0 bridgehead atoms. The van der Waals surface area contributed by atoms with Gasteiger partial charge in [0.25, 0.3) is 5.91 Å². The van der Waals surface area contributed by atoms with Gasteiger partial charge in [-0.25, -0.2) is 0 Å². The maximum absolute atomic E-state index is 12.9. The van der Waals surface area contributed by atoms with Crippen molar-refractivity contribution in [2.45, 2.75) is 38.5 Å². The summed E-state index contributed by atoms with van der Waals surface area (Å²) in [6.07, 6.45) is 5.90. The topological polar surface area (TPSA) is 60.9 Å². The number of carbonyl (C=O) groups excluding carboxylic acids is 2. The number of aliphatic hydroxyl groups is 1. The molecule has 2 heterocycles. The average molecular weight is 342 g/mol. The lowest BCUT2D eigenvalue weighted by atomic mass is 9.78. The number of hydrogen-bond donors (Lipinski definition) is 1. The first kappa shape index (κ1) is 16.6. The smallest absolute Gasteiger partial charge is 0.253 e. The molecule has 2 aliphatic heterocycles. The van der Waals surface area contributed by atoms with Crippen molar-refractivity contribution in [1.29, 1.82) is 0 Å². The van der Waals surface area contributed by atoms with Gasteiger partial charge in [0.2, 0.25) is 5.91 Å². The van der Waals surface area contributed by atoms with E-state index >= 15 is 0 Å². The summed E-state index contributed by atoms with van der Waals surface area (Å²) in [5, 5.41) is 9.17. The number of amides is 2. The molecule has 1 aromatic carbocycles. The van der Waals surface area contributed by atoms with Crippen LogP contribution in [0.5, 0.6) is 0 Å². The summed E-state index contributed by atoms with van der Waals surface area (Å²) in [6, 6.07) is 6.09. The maximum atomic E-state index is 12.9. The van der Waals surface area contributed by atoms with Gasteiger partial charge in [0.05, 0.1) is 12.0 Å². The number of likely N-dealkylation sites (tertiary alicyclic amines) is 2. The van der Waals surface area contributed by atoms with Crippen LogP contribution in [0.15, 0.2) is 18.2 Å². The molecular formula is C20H26N2O3. The lowest BCUT2D eigenvalue weighted by molar-refractivity contribution is -0.146. The van der Waals surface area contributed by atoms with E-state index < -0.39 is 5.41 Å². The number of aryl methyl sites for hydroxylation is 2. The molecule has 1 spiro atoms. The van der Waals surface area contributed by atoms with Crippen molar-refractivity contribution >= 4 is 11.8 Å². The molecular weight excluding hydrogens is 316 g/mol. The Morgan fingerprint density at radius 2 is 1.96 bits per heavy atom. The molecule has 25 heavy (non-hydrogen) atoms. The van der Waals surface area contributed by atoms with Gasteiger partial charge in [-0.1, -0.05) is 6.07 Å². The van der Waals surface area contributed by atoms with Crippen LogP contribution in [0.3, 0.4) is 0 Å². The fourth-order valence-electron chi connectivity index (χ4n) is 4.80. The fourth-order valence-corrected chi connectivity index (χ4v) is 4.80. The van der Waals surface area contributed by atoms with Crippen molar-refractivity contribution in [2.24, 2.45) is 5.41 Å². The number of rotatable bonds is 3. The van der Waals surface area contributed by atoms with Crippen LogP contribution in [-0.4, -0.2) is 59.5 Å². The van der Waals surface area contributed by atoms with Gasteiger partial charge < -0.3 is 14.9 Å². The second kappa shape index (κ2) is 6.45. The minimum absolute atomic E-state index is 0.000406.